The van der Waals surface area contributed by atoms with Gasteiger partial charge in [0.1, 0.15) is 11.3 Å². The van der Waals surface area contributed by atoms with E-state index in [9.17, 15) is 14.5 Å². The molecule has 1 aromatic heterocycles. The smallest absolute Gasteiger partial charge is 0.269 e. The Kier molecular flexibility index (Phi) is 4.26. The van der Waals surface area contributed by atoms with Crippen molar-refractivity contribution in [1.82, 2.24) is 9.88 Å². The molecule has 134 valence electrons. The fraction of sp³-hybridized carbons (Fsp3) is 0.278. The van der Waals surface area contributed by atoms with E-state index in [0.29, 0.717) is 23.5 Å². The number of rotatable bonds is 4. The van der Waals surface area contributed by atoms with Crippen LogP contribution >= 0.6 is 0 Å². The molecule has 8 heteroatoms. The number of aromatic nitrogens is 1. The molecule has 3 aromatic rings. The third kappa shape index (κ3) is 3.36. The van der Waals surface area contributed by atoms with Gasteiger partial charge in [-0.1, -0.05) is 0 Å². The zero-order valence-electron chi connectivity index (χ0n) is 14.0. The summed E-state index contributed by atoms with van der Waals surface area (Å²) in [5, 5.41) is 10.7. The maximum absolute atomic E-state index is 13.2. The number of hydrogen-bond acceptors (Lipinski definition) is 6. The second-order valence-corrected chi connectivity index (χ2v) is 6.26. The number of nitrogens with zero attached hydrogens (tertiary/aromatic N) is 4. The molecule has 1 aliphatic rings. The summed E-state index contributed by atoms with van der Waals surface area (Å²) in [7, 11) is 0. The number of hydrogen-bond donors (Lipinski definition) is 0. The monoisotopic (exact) mass is 356 g/mol. The highest BCUT2D eigenvalue weighted by atomic mass is 19.1. The number of fused-ring (bicyclic) bond motifs is 1. The van der Waals surface area contributed by atoms with Crippen molar-refractivity contribution in [3.05, 3.63) is 64.3 Å². The Morgan fingerprint density at radius 1 is 1.12 bits per heavy atom. The Bertz CT molecular complexity index is 933. The summed E-state index contributed by atoms with van der Waals surface area (Å²) >= 11 is 0. The minimum atomic E-state index is -0.395. The van der Waals surface area contributed by atoms with E-state index in [0.717, 1.165) is 31.9 Å². The largest absolute Gasteiger partial charge is 0.439 e. The maximum atomic E-state index is 13.2. The zero-order chi connectivity index (χ0) is 18.1. The molecule has 7 nitrogen and oxygen atoms in total. The van der Waals surface area contributed by atoms with Gasteiger partial charge in [-0.15, -0.1) is 0 Å². The van der Waals surface area contributed by atoms with Gasteiger partial charge in [0.15, 0.2) is 5.58 Å². The second-order valence-electron chi connectivity index (χ2n) is 6.26. The van der Waals surface area contributed by atoms with Crippen LogP contribution in [0, 0.1) is 15.9 Å². The van der Waals surface area contributed by atoms with Crippen molar-refractivity contribution >= 4 is 22.5 Å². The van der Waals surface area contributed by atoms with Gasteiger partial charge in [-0.3, -0.25) is 15.0 Å². The molecule has 0 bridgehead atoms. The molecule has 0 spiro atoms. The van der Waals surface area contributed by atoms with Crippen molar-refractivity contribution in [3.8, 4) is 0 Å². The Labute approximate surface area is 148 Å². The van der Waals surface area contributed by atoms with Gasteiger partial charge in [0.25, 0.3) is 5.69 Å². The molecule has 2 heterocycles. The first kappa shape index (κ1) is 16.5. The van der Waals surface area contributed by atoms with E-state index in [1.807, 2.05) is 0 Å². The molecule has 1 fully saturated rings. The molecule has 0 atom stereocenters. The molecule has 2 aromatic carbocycles. The van der Waals surface area contributed by atoms with Gasteiger partial charge >= 0.3 is 0 Å². The fourth-order valence-electron chi connectivity index (χ4n) is 3.15. The molecule has 0 saturated carbocycles. The number of halogens is 1. The quantitative estimate of drug-likeness (QED) is 0.528. The first-order chi connectivity index (χ1) is 12.6. The lowest BCUT2D eigenvalue weighted by molar-refractivity contribution is -0.384. The van der Waals surface area contributed by atoms with Crippen LogP contribution in [-0.2, 0) is 6.54 Å². The molecule has 1 saturated heterocycles. The first-order valence-corrected chi connectivity index (χ1v) is 8.35. The summed E-state index contributed by atoms with van der Waals surface area (Å²) in [6, 6.07) is 10.9. The van der Waals surface area contributed by atoms with E-state index in [1.165, 1.54) is 24.3 Å². The number of benzene rings is 2. The van der Waals surface area contributed by atoms with Crippen LogP contribution in [0.2, 0.25) is 0 Å². The van der Waals surface area contributed by atoms with Crippen LogP contribution < -0.4 is 4.90 Å². The SMILES string of the molecule is O=[N+]([O-])c1ccc(N2CCN(Cc3nc4ccc(F)cc4o3)CC2)cc1. The third-order valence-corrected chi connectivity index (χ3v) is 4.55. The molecule has 0 N–H and O–H groups in total. The molecule has 1 aliphatic heterocycles. The molecule has 0 amide bonds. The van der Waals surface area contributed by atoms with Gasteiger partial charge in [-0.05, 0) is 24.3 Å². The fourth-order valence-corrected chi connectivity index (χ4v) is 3.15. The molecule has 4 rings (SSSR count). The Balaban J connectivity index is 1.37. The average Bonchev–Trinajstić information content (AvgIpc) is 3.03. The van der Waals surface area contributed by atoms with Gasteiger partial charge in [0.2, 0.25) is 5.89 Å². The normalized spacial score (nSPS) is 15.5. The van der Waals surface area contributed by atoms with E-state index in [2.05, 4.69) is 14.8 Å². The summed E-state index contributed by atoms with van der Waals surface area (Å²) in [4.78, 5) is 19.2. The number of nitro benzene ring substituents is 1. The highest BCUT2D eigenvalue weighted by molar-refractivity contribution is 5.72. The summed E-state index contributed by atoms with van der Waals surface area (Å²) < 4.78 is 18.9. The third-order valence-electron chi connectivity index (χ3n) is 4.55. The van der Waals surface area contributed by atoms with Crippen LogP contribution in [0.5, 0.6) is 0 Å². The zero-order valence-corrected chi connectivity index (χ0v) is 14.0. The number of non-ortho nitro benzene ring substituents is 1. The number of anilines is 1. The van der Waals surface area contributed by atoms with Crippen LogP contribution in [0.15, 0.2) is 46.9 Å². The minimum Gasteiger partial charge on any atom is -0.439 e. The Morgan fingerprint density at radius 2 is 1.85 bits per heavy atom. The van der Waals surface area contributed by atoms with Gasteiger partial charge in [0.05, 0.1) is 11.5 Å². The molecular formula is C18H17FN4O3. The van der Waals surface area contributed by atoms with Crippen LogP contribution in [0.1, 0.15) is 5.89 Å². The average molecular weight is 356 g/mol. The van der Waals surface area contributed by atoms with Gasteiger partial charge in [-0.25, -0.2) is 9.37 Å². The van der Waals surface area contributed by atoms with Crippen molar-refractivity contribution in [1.29, 1.82) is 0 Å². The Morgan fingerprint density at radius 3 is 2.54 bits per heavy atom. The lowest BCUT2D eigenvalue weighted by Gasteiger charge is -2.35. The van der Waals surface area contributed by atoms with E-state index in [4.69, 9.17) is 4.42 Å². The molecule has 0 radical (unpaired) electrons. The topological polar surface area (TPSA) is 75.7 Å². The van der Waals surface area contributed by atoms with Crippen molar-refractivity contribution in [3.63, 3.8) is 0 Å². The van der Waals surface area contributed by atoms with Gasteiger partial charge < -0.3 is 9.32 Å². The van der Waals surface area contributed by atoms with Crippen LogP contribution in [0.4, 0.5) is 15.8 Å². The van der Waals surface area contributed by atoms with E-state index in [-0.39, 0.29) is 11.5 Å². The standard InChI is InChI=1S/C18H17FN4O3/c19-13-1-6-16-17(11-13)26-18(20-16)12-21-7-9-22(10-8-21)14-2-4-15(5-3-14)23(24)25/h1-6,11H,7-10,12H2. The lowest BCUT2D eigenvalue weighted by Crippen LogP contribution is -2.46. The van der Waals surface area contributed by atoms with Crippen LogP contribution in [-0.4, -0.2) is 41.0 Å². The van der Waals surface area contributed by atoms with Crippen LogP contribution in [0.25, 0.3) is 11.1 Å². The maximum Gasteiger partial charge on any atom is 0.269 e. The number of nitro groups is 1. The van der Waals surface area contributed by atoms with Crippen molar-refractivity contribution in [2.45, 2.75) is 6.54 Å². The predicted octanol–water partition coefficient (Wildman–Crippen LogP) is 3.20. The van der Waals surface area contributed by atoms with E-state index < -0.39 is 4.92 Å². The van der Waals surface area contributed by atoms with Crippen molar-refractivity contribution in [2.75, 3.05) is 31.1 Å². The molecule has 0 aliphatic carbocycles. The highest BCUT2D eigenvalue weighted by Gasteiger charge is 2.20. The molecule has 0 unspecified atom stereocenters. The van der Waals surface area contributed by atoms with Gasteiger partial charge in [-0.2, -0.15) is 0 Å². The van der Waals surface area contributed by atoms with Gasteiger partial charge in [0, 0.05) is 50.1 Å². The molecule has 26 heavy (non-hydrogen) atoms. The highest BCUT2D eigenvalue weighted by Crippen LogP contribution is 2.22. The summed E-state index contributed by atoms with van der Waals surface area (Å²) in [6.45, 7) is 3.85. The van der Waals surface area contributed by atoms with E-state index >= 15 is 0 Å². The lowest BCUT2D eigenvalue weighted by atomic mass is 10.2. The molecular weight excluding hydrogens is 339 g/mol. The first-order valence-electron chi connectivity index (χ1n) is 8.35. The van der Waals surface area contributed by atoms with E-state index in [1.54, 1.807) is 18.2 Å². The van der Waals surface area contributed by atoms with Crippen LogP contribution in [0.3, 0.4) is 0 Å². The minimum absolute atomic E-state index is 0.0970. The predicted molar refractivity (Wildman–Crippen MR) is 94.6 cm³/mol. The van der Waals surface area contributed by atoms with Crippen molar-refractivity contribution in [2.24, 2.45) is 0 Å². The summed E-state index contributed by atoms with van der Waals surface area (Å²) in [5.41, 5.74) is 2.20. The summed E-state index contributed by atoms with van der Waals surface area (Å²) in [5.74, 6) is 0.242. The number of oxazole rings is 1. The Hall–Kier alpha value is -3.00. The van der Waals surface area contributed by atoms with Crippen molar-refractivity contribution < 1.29 is 13.7 Å². The summed E-state index contributed by atoms with van der Waals surface area (Å²) in [6.07, 6.45) is 0. The number of piperazine rings is 1. The second kappa shape index (κ2) is 6.72.